The Morgan fingerprint density at radius 1 is 1.25 bits per heavy atom. The minimum absolute atomic E-state index is 0.279. The Hall–Kier alpha value is -2.12. The van der Waals surface area contributed by atoms with Crippen LogP contribution in [-0.4, -0.2) is 9.78 Å². The number of hydrogen-bond donors (Lipinski definition) is 1. The molecule has 2 N–H and O–H groups in total. The van der Waals surface area contributed by atoms with E-state index in [-0.39, 0.29) is 6.54 Å². The highest BCUT2D eigenvalue weighted by Gasteiger charge is 2.01. The third kappa shape index (κ3) is 2.10. The summed E-state index contributed by atoms with van der Waals surface area (Å²) in [6.45, 7) is 0.828. The van der Waals surface area contributed by atoms with Gasteiger partial charge in [0.05, 0.1) is 12.3 Å². The quantitative estimate of drug-likeness (QED) is 0.839. The average Bonchev–Trinajstić information content (AvgIpc) is 2.78. The van der Waals surface area contributed by atoms with Gasteiger partial charge in [0.1, 0.15) is 6.54 Å². The number of benzene rings is 1. The molecule has 16 heavy (non-hydrogen) atoms. The molecule has 0 bridgehead atoms. The number of nitrogens with zero attached hydrogens (tertiary/aromatic N) is 3. The van der Waals surface area contributed by atoms with Gasteiger partial charge in [0.2, 0.25) is 0 Å². The second-order valence-electron chi connectivity index (χ2n) is 3.49. The summed E-state index contributed by atoms with van der Waals surface area (Å²) in [4.78, 5) is 0. The van der Waals surface area contributed by atoms with Crippen LogP contribution in [0.15, 0.2) is 36.7 Å². The van der Waals surface area contributed by atoms with E-state index in [2.05, 4.69) is 11.2 Å². The molecular weight excluding hydrogens is 200 g/mol. The van der Waals surface area contributed by atoms with Gasteiger partial charge in [-0.05, 0) is 11.1 Å². The molecule has 1 aromatic heterocycles. The second-order valence-corrected chi connectivity index (χ2v) is 3.49. The van der Waals surface area contributed by atoms with E-state index in [0.29, 0.717) is 6.54 Å². The van der Waals surface area contributed by atoms with Gasteiger partial charge in [-0.2, -0.15) is 10.4 Å². The van der Waals surface area contributed by atoms with Crippen molar-refractivity contribution in [3.63, 3.8) is 0 Å². The predicted molar refractivity (Wildman–Crippen MR) is 61.2 cm³/mol. The highest BCUT2D eigenvalue weighted by atomic mass is 15.3. The van der Waals surface area contributed by atoms with Crippen molar-refractivity contribution >= 4 is 0 Å². The highest BCUT2D eigenvalue weighted by Crippen LogP contribution is 2.18. The largest absolute Gasteiger partial charge is 0.326 e. The molecule has 0 aliphatic rings. The Kier molecular flexibility index (Phi) is 2.99. The van der Waals surface area contributed by atoms with Crippen LogP contribution in [0.1, 0.15) is 5.56 Å². The molecule has 0 amide bonds. The van der Waals surface area contributed by atoms with Crippen molar-refractivity contribution in [1.82, 2.24) is 9.78 Å². The van der Waals surface area contributed by atoms with E-state index < -0.39 is 0 Å². The first-order chi connectivity index (χ1) is 7.83. The molecule has 0 saturated heterocycles. The summed E-state index contributed by atoms with van der Waals surface area (Å²) in [6, 6.07) is 10.1. The van der Waals surface area contributed by atoms with E-state index >= 15 is 0 Å². The average molecular weight is 212 g/mol. The van der Waals surface area contributed by atoms with Crippen molar-refractivity contribution in [2.24, 2.45) is 5.73 Å². The molecule has 0 radical (unpaired) electrons. The van der Waals surface area contributed by atoms with Gasteiger partial charge in [-0.1, -0.05) is 24.3 Å². The molecular formula is C12H12N4. The van der Waals surface area contributed by atoms with Crippen molar-refractivity contribution in [2.45, 2.75) is 13.1 Å². The molecule has 1 heterocycles. The van der Waals surface area contributed by atoms with Crippen LogP contribution in [-0.2, 0) is 13.1 Å². The van der Waals surface area contributed by atoms with Crippen LogP contribution in [0.3, 0.4) is 0 Å². The van der Waals surface area contributed by atoms with Crippen LogP contribution in [0.4, 0.5) is 0 Å². The summed E-state index contributed by atoms with van der Waals surface area (Å²) in [6.07, 6.45) is 3.62. The van der Waals surface area contributed by atoms with Gasteiger partial charge in [0.25, 0.3) is 0 Å². The molecule has 0 fully saturated rings. The molecule has 1 aromatic carbocycles. The Bertz CT molecular complexity index is 505. The fourth-order valence-electron chi connectivity index (χ4n) is 1.50. The monoisotopic (exact) mass is 212 g/mol. The molecule has 0 unspecified atom stereocenters. The zero-order chi connectivity index (χ0) is 11.4. The van der Waals surface area contributed by atoms with Crippen molar-refractivity contribution in [2.75, 3.05) is 0 Å². The first-order valence-corrected chi connectivity index (χ1v) is 5.02. The maximum absolute atomic E-state index is 8.54. The minimum atomic E-state index is 0.279. The van der Waals surface area contributed by atoms with Gasteiger partial charge in [0.15, 0.2) is 0 Å². The third-order valence-corrected chi connectivity index (χ3v) is 2.39. The Balaban J connectivity index is 2.25. The van der Waals surface area contributed by atoms with Crippen LogP contribution < -0.4 is 5.73 Å². The van der Waals surface area contributed by atoms with Gasteiger partial charge in [0, 0.05) is 18.3 Å². The minimum Gasteiger partial charge on any atom is -0.326 e. The summed E-state index contributed by atoms with van der Waals surface area (Å²) < 4.78 is 1.62. The topological polar surface area (TPSA) is 67.6 Å². The molecule has 80 valence electrons. The van der Waals surface area contributed by atoms with Crippen LogP contribution in [0.25, 0.3) is 11.1 Å². The molecule has 4 nitrogen and oxygen atoms in total. The molecule has 0 aliphatic heterocycles. The first-order valence-electron chi connectivity index (χ1n) is 5.02. The smallest absolute Gasteiger partial charge is 0.128 e. The Morgan fingerprint density at radius 3 is 2.62 bits per heavy atom. The highest BCUT2D eigenvalue weighted by molar-refractivity contribution is 5.61. The fourth-order valence-corrected chi connectivity index (χ4v) is 1.50. The summed E-state index contributed by atoms with van der Waals surface area (Å²) in [5, 5.41) is 12.6. The first kappa shape index (κ1) is 10.4. The van der Waals surface area contributed by atoms with Gasteiger partial charge in [-0.15, -0.1) is 0 Å². The van der Waals surface area contributed by atoms with Crippen LogP contribution in [0.2, 0.25) is 0 Å². The lowest BCUT2D eigenvalue weighted by Gasteiger charge is -1.99. The van der Waals surface area contributed by atoms with E-state index in [1.54, 1.807) is 10.9 Å². The number of nitriles is 1. The molecule has 0 aliphatic carbocycles. The van der Waals surface area contributed by atoms with Crippen LogP contribution in [0.5, 0.6) is 0 Å². The Labute approximate surface area is 93.9 Å². The van der Waals surface area contributed by atoms with Crippen LogP contribution >= 0.6 is 0 Å². The van der Waals surface area contributed by atoms with Crippen molar-refractivity contribution in [3.8, 4) is 17.2 Å². The summed E-state index contributed by atoms with van der Waals surface area (Å²) in [5.41, 5.74) is 8.73. The normalized spacial score (nSPS) is 10.0. The van der Waals surface area contributed by atoms with E-state index in [1.807, 2.05) is 30.5 Å². The lowest BCUT2D eigenvalue weighted by molar-refractivity contribution is 0.710. The summed E-state index contributed by atoms with van der Waals surface area (Å²) >= 11 is 0. The summed E-state index contributed by atoms with van der Waals surface area (Å²) in [7, 11) is 0. The van der Waals surface area contributed by atoms with Gasteiger partial charge in [-0.3, -0.25) is 4.68 Å². The summed E-state index contributed by atoms with van der Waals surface area (Å²) in [5.74, 6) is 0. The number of aromatic nitrogens is 2. The van der Waals surface area contributed by atoms with E-state index in [4.69, 9.17) is 11.0 Å². The lowest BCUT2D eigenvalue weighted by atomic mass is 10.1. The predicted octanol–water partition coefficient (Wildman–Crippen LogP) is 1.53. The molecule has 0 saturated carbocycles. The molecule has 4 heteroatoms. The zero-order valence-corrected chi connectivity index (χ0v) is 8.80. The standard InChI is InChI=1S/C12H12N4/c13-5-6-16-9-12(8-15-16)11-3-1-10(7-14)2-4-11/h1-4,8-9H,6-7,14H2. The van der Waals surface area contributed by atoms with Gasteiger partial charge < -0.3 is 5.73 Å². The third-order valence-electron chi connectivity index (χ3n) is 2.39. The molecule has 2 rings (SSSR count). The van der Waals surface area contributed by atoms with E-state index in [9.17, 15) is 0 Å². The van der Waals surface area contributed by atoms with Crippen molar-refractivity contribution in [3.05, 3.63) is 42.2 Å². The van der Waals surface area contributed by atoms with E-state index in [0.717, 1.165) is 16.7 Å². The zero-order valence-electron chi connectivity index (χ0n) is 8.80. The molecule has 2 aromatic rings. The molecule has 0 spiro atoms. The van der Waals surface area contributed by atoms with Crippen molar-refractivity contribution in [1.29, 1.82) is 5.26 Å². The SMILES string of the molecule is N#CCn1cc(-c2ccc(CN)cc2)cn1. The maximum Gasteiger partial charge on any atom is 0.128 e. The number of hydrogen-bond acceptors (Lipinski definition) is 3. The van der Waals surface area contributed by atoms with Gasteiger partial charge in [-0.25, -0.2) is 0 Å². The van der Waals surface area contributed by atoms with E-state index in [1.165, 1.54) is 0 Å². The van der Waals surface area contributed by atoms with Gasteiger partial charge >= 0.3 is 0 Å². The van der Waals surface area contributed by atoms with Crippen molar-refractivity contribution < 1.29 is 0 Å². The second kappa shape index (κ2) is 4.60. The maximum atomic E-state index is 8.54. The van der Waals surface area contributed by atoms with Crippen LogP contribution in [0, 0.1) is 11.3 Å². The number of nitrogens with two attached hydrogens (primary N) is 1. The lowest BCUT2D eigenvalue weighted by Crippen LogP contribution is -1.95. The molecule has 0 atom stereocenters. The Morgan fingerprint density at radius 2 is 2.00 bits per heavy atom. The fraction of sp³-hybridized carbons (Fsp3) is 0.167. The number of rotatable bonds is 3.